The monoisotopic (exact) mass is 388 g/mol. The number of carboxylic acids is 1. The minimum absolute atomic E-state index is 0.141. The van der Waals surface area contributed by atoms with Crippen molar-refractivity contribution in [3.05, 3.63) is 47.5 Å². The van der Waals surface area contributed by atoms with Gasteiger partial charge in [-0.25, -0.2) is 0 Å². The predicted octanol–water partition coefficient (Wildman–Crippen LogP) is 3.55. The number of methoxy groups -OCH3 is 4. The minimum atomic E-state index is -0.967. The molecule has 0 aromatic heterocycles. The highest BCUT2D eigenvalue weighted by Crippen LogP contribution is 2.35. The van der Waals surface area contributed by atoms with E-state index >= 15 is 0 Å². The Morgan fingerprint density at radius 2 is 1.36 bits per heavy atom. The Bertz CT molecular complexity index is 845. The van der Waals surface area contributed by atoms with Crippen LogP contribution in [0.25, 0.3) is 0 Å². The van der Waals surface area contributed by atoms with E-state index in [9.17, 15) is 9.59 Å². The van der Waals surface area contributed by atoms with Gasteiger partial charge in [-0.15, -0.1) is 0 Å². The van der Waals surface area contributed by atoms with E-state index in [2.05, 4.69) is 0 Å². The summed E-state index contributed by atoms with van der Waals surface area (Å²) >= 11 is 0. The molecule has 1 atom stereocenters. The van der Waals surface area contributed by atoms with Gasteiger partial charge in [0.05, 0.1) is 28.4 Å². The first-order valence-corrected chi connectivity index (χ1v) is 8.65. The molecule has 0 fully saturated rings. The van der Waals surface area contributed by atoms with Crippen molar-refractivity contribution in [3.8, 4) is 23.0 Å². The van der Waals surface area contributed by atoms with Gasteiger partial charge < -0.3 is 24.1 Å². The number of carbonyl (C=O) groups excluding carboxylic acids is 1. The summed E-state index contributed by atoms with van der Waals surface area (Å²) < 4.78 is 21.0. The highest BCUT2D eigenvalue weighted by atomic mass is 16.5. The molecule has 1 N–H and O–H groups in total. The van der Waals surface area contributed by atoms with E-state index in [0.29, 0.717) is 34.1 Å². The fourth-order valence-electron chi connectivity index (χ4n) is 2.98. The zero-order valence-corrected chi connectivity index (χ0v) is 16.4. The van der Waals surface area contributed by atoms with Crippen molar-refractivity contribution in [1.29, 1.82) is 0 Å². The van der Waals surface area contributed by atoms with E-state index in [4.69, 9.17) is 24.1 Å². The lowest BCUT2D eigenvalue weighted by atomic mass is 9.86. The van der Waals surface area contributed by atoms with E-state index in [1.807, 2.05) is 0 Å². The van der Waals surface area contributed by atoms with Gasteiger partial charge in [0.2, 0.25) is 0 Å². The Balaban J connectivity index is 2.45. The van der Waals surface area contributed by atoms with Crippen LogP contribution < -0.4 is 18.9 Å². The third-order valence-electron chi connectivity index (χ3n) is 4.44. The number of hydrogen-bond donors (Lipinski definition) is 1. The van der Waals surface area contributed by atoms with Crippen LogP contribution in [0.5, 0.6) is 23.0 Å². The fraction of sp³-hybridized carbons (Fsp3) is 0.333. The molecule has 0 radical (unpaired) electrons. The van der Waals surface area contributed by atoms with Crippen molar-refractivity contribution in [2.75, 3.05) is 28.4 Å². The molecule has 0 saturated carbocycles. The highest BCUT2D eigenvalue weighted by Gasteiger charge is 2.25. The lowest BCUT2D eigenvalue weighted by Crippen LogP contribution is -2.15. The molecule has 0 aliphatic rings. The average molecular weight is 388 g/mol. The first-order valence-electron chi connectivity index (χ1n) is 8.65. The zero-order valence-electron chi connectivity index (χ0n) is 16.4. The Hall–Kier alpha value is -3.22. The summed E-state index contributed by atoms with van der Waals surface area (Å²) in [7, 11) is 6.03. The number of benzene rings is 2. The number of ketones is 1. The van der Waals surface area contributed by atoms with Gasteiger partial charge >= 0.3 is 5.97 Å². The molecule has 0 bridgehead atoms. The van der Waals surface area contributed by atoms with Crippen molar-refractivity contribution >= 4 is 11.8 Å². The van der Waals surface area contributed by atoms with Crippen molar-refractivity contribution < 1.29 is 33.6 Å². The second-order valence-corrected chi connectivity index (χ2v) is 6.03. The SMILES string of the molecule is COc1ccc(C(=O)[C@@H](CCC(=O)O)c2ccc(OC)c(OC)c2)cc1OC. The summed E-state index contributed by atoms with van der Waals surface area (Å²) in [5.41, 5.74) is 1.06. The number of aliphatic carboxylic acids is 1. The average Bonchev–Trinajstić information content (AvgIpc) is 2.72. The lowest BCUT2D eigenvalue weighted by Gasteiger charge is -2.18. The van der Waals surface area contributed by atoms with Crippen molar-refractivity contribution in [1.82, 2.24) is 0 Å². The molecule has 2 aromatic carbocycles. The van der Waals surface area contributed by atoms with Crippen LogP contribution in [0, 0.1) is 0 Å². The first kappa shape index (κ1) is 21.1. The van der Waals surface area contributed by atoms with Gasteiger partial charge in [0.1, 0.15) is 0 Å². The van der Waals surface area contributed by atoms with Crippen LogP contribution in [0.3, 0.4) is 0 Å². The van der Waals surface area contributed by atoms with Gasteiger partial charge in [-0.2, -0.15) is 0 Å². The van der Waals surface area contributed by atoms with Crippen LogP contribution in [0.1, 0.15) is 34.7 Å². The van der Waals surface area contributed by atoms with Crippen LogP contribution in [0.4, 0.5) is 0 Å². The van der Waals surface area contributed by atoms with Crippen LogP contribution in [-0.4, -0.2) is 45.3 Å². The first-order chi connectivity index (χ1) is 13.4. The number of carboxylic acid groups (broad SMARTS) is 1. The smallest absolute Gasteiger partial charge is 0.303 e. The Morgan fingerprint density at radius 1 is 0.821 bits per heavy atom. The molecule has 0 unspecified atom stereocenters. The third kappa shape index (κ3) is 4.73. The van der Waals surface area contributed by atoms with E-state index in [1.54, 1.807) is 36.4 Å². The highest BCUT2D eigenvalue weighted by molar-refractivity contribution is 6.01. The molecule has 0 spiro atoms. The predicted molar refractivity (Wildman–Crippen MR) is 103 cm³/mol. The van der Waals surface area contributed by atoms with Crippen molar-refractivity contribution in [3.63, 3.8) is 0 Å². The molecule has 2 rings (SSSR count). The molecule has 0 heterocycles. The Labute approximate surface area is 163 Å². The van der Waals surface area contributed by atoms with Crippen LogP contribution in [-0.2, 0) is 4.79 Å². The standard InChI is InChI=1S/C21H24O7/c1-25-16-8-5-13(11-18(16)27-3)15(7-10-20(22)23)21(24)14-6-9-17(26-2)19(12-14)28-4/h5-6,8-9,11-12,15H,7,10H2,1-4H3,(H,22,23)/t15-/m0/s1. The zero-order chi connectivity index (χ0) is 20.7. The molecule has 7 nitrogen and oxygen atoms in total. The molecular formula is C21H24O7. The third-order valence-corrected chi connectivity index (χ3v) is 4.44. The maximum atomic E-state index is 13.2. The number of rotatable bonds is 10. The molecular weight excluding hydrogens is 364 g/mol. The van der Waals surface area contributed by atoms with E-state index in [-0.39, 0.29) is 18.6 Å². The number of ether oxygens (including phenoxy) is 4. The Morgan fingerprint density at radius 3 is 1.89 bits per heavy atom. The minimum Gasteiger partial charge on any atom is -0.493 e. The summed E-state index contributed by atoms with van der Waals surface area (Å²) in [6.07, 6.45) is 0.00996. The fourth-order valence-corrected chi connectivity index (χ4v) is 2.98. The molecule has 2 aromatic rings. The second-order valence-electron chi connectivity index (χ2n) is 6.03. The summed E-state index contributed by atoms with van der Waals surface area (Å²) in [4.78, 5) is 24.3. The number of Topliss-reactive ketones (excluding diaryl/α,β-unsaturated/α-hetero) is 1. The van der Waals surface area contributed by atoms with E-state index < -0.39 is 11.9 Å². The van der Waals surface area contributed by atoms with Gasteiger partial charge in [0, 0.05) is 17.9 Å². The van der Waals surface area contributed by atoms with Gasteiger partial charge in [0.25, 0.3) is 0 Å². The molecule has 0 aliphatic heterocycles. The maximum Gasteiger partial charge on any atom is 0.303 e. The summed E-state index contributed by atoms with van der Waals surface area (Å²) in [6.45, 7) is 0. The quantitative estimate of drug-likeness (QED) is 0.622. The van der Waals surface area contributed by atoms with Crippen LogP contribution in [0.2, 0.25) is 0 Å². The Kier molecular flexibility index (Phi) is 7.26. The van der Waals surface area contributed by atoms with Crippen molar-refractivity contribution in [2.45, 2.75) is 18.8 Å². The molecule has 28 heavy (non-hydrogen) atoms. The number of carbonyl (C=O) groups is 2. The van der Waals surface area contributed by atoms with E-state index in [0.717, 1.165) is 0 Å². The molecule has 0 saturated heterocycles. The van der Waals surface area contributed by atoms with Crippen LogP contribution >= 0.6 is 0 Å². The second kappa shape index (κ2) is 9.64. The van der Waals surface area contributed by atoms with Gasteiger partial charge in [0.15, 0.2) is 28.8 Å². The number of hydrogen-bond acceptors (Lipinski definition) is 6. The van der Waals surface area contributed by atoms with E-state index in [1.165, 1.54) is 28.4 Å². The molecule has 0 amide bonds. The van der Waals surface area contributed by atoms with Crippen molar-refractivity contribution in [2.24, 2.45) is 0 Å². The molecule has 150 valence electrons. The van der Waals surface area contributed by atoms with Gasteiger partial charge in [-0.1, -0.05) is 6.07 Å². The molecule has 7 heteroatoms. The lowest BCUT2D eigenvalue weighted by molar-refractivity contribution is -0.137. The summed E-state index contributed by atoms with van der Waals surface area (Å²) in [6, 6.07) is 10.0. The van der Waals surface area contributed by atoms with Gasteiger partial charge in [-0.3, -0.25) is 9.59 Å². The van der Waals surface area contributed by atoms with Gasteiger partial charge in [-0.05, 0) is 42.3 Å². The largest absolute Gasteiger partial charge is 0.493 e. The normalized spacial score (nSPS) is 11.4. The summed E-state index contributed by atoms with van der Waals surface area (Å²) in [5.74, 6) is 0.0983. The molecule has 0 aliphatic carbocycles. The maximum absolute atomic E-state index is 13.2. The topological polar surface area (TPSA) is 91.3 Å². The van der Waals surface area contributed by atoms with Crippen LogP contribution in [0.15, 0.2) is 36.4 Å². The summed E-state index contributed by atoms with van der Waals surface area (Å²) in [5, 5.41) is 9.10.